The van der Waals surface area contributed by atoms with Gasteiger partial charge in [0.25, 0.3) is 0 Å². The molecule has 3 aromatic rings. The number of benzene rings is 2. The maximum Gasteiger partial charge on any atom is 0.516 e. The van der Waals surface area contributed by atoms with Crippen LogP contribution in [-0.4, -0.2) is 12.8 Å². The van der Waals surface area contributed by atoms with Gasteiger partial charge in [0.15, 0.2) is 0 Å². The molecule has 0 N–H and O–H groups in total. The lowest BCUT2D eigenvalue weighted by atomic mass is 10.0. The molecule has 1 aromatic heterocycles. The molecule has 0 bridgehead atoms. The first kappa shape index (κ1) is 13.2. The summed E-state index contributed by atoms with van der Waals surface area (Å²) in [5.41, 5.74) is 2.33. The van der Waals surface area contributed by atoms with E-state index >= 15 is 0 Å². The van der Waals surface area contributed by atoms with Crippen LogP contribution in [0.3, 0.4) is 0 Å². The number of carbonyl (C=O) groups is 1. The van der Waals surface area contributed by atoms with Gasteiger partial charge < -0.3 is 13.9 Å². The van der Waals surface area contributed by atoms with Crippen molar-refractivity contribution in [2.75, 3.05) is 6.61 Å². The van der Waals surface area contributed by atoms with Gasteiger partial charge in [0.1, 0.15) is 5.58 Å². The predicted octanol–water partition coefficient (Wildman–Crippen LogP) is 4.64. The summed E-state index contributed by atoms with van der Waals surface area (Å²) in [5, 5.41) is 0.892. The van der Waals surface area contributed by atoms with Crippen molar-refractivity contribution < 1.29 is 18.7 Å². The summed E-state index contributed by atoms with van der Waals surface area (Å²) in [6.45, 7) is 1.97. The summed E-state index contributed by atoms with van der Waals surface area (Å²) in [6.07, 6.45) is -0.770. The number of furan rings is 1. The Kier molecular flexibility index (Phi) is 3.60. The number of fused-ring (bicyclic) bond motifs is 1. The van der Waals surface area contributed by atoms with E-state index in [1.165, 1.54) is 0 Å². The summed E-state index contributed by atoms with van der Waals surface area (Å²) in [6, 6.07) is 17.2. The molecule has 0 aliphatic heterocycles. The van der Waals surface area contributed by atoms with Gasteiger partial charge in [0.2, 0.25) is 0 Å². The van der Waals surface area contributed by atoms with Crippen molar-refractivity contribution in [3.05, 3.63) is 54.6 Å². The minimum absolute atomic E-state index is 0.154. The molecule has 0 saturated heterocycles. The van der Waals surface area contributed by atoms with Crippen molar-refractivity contribution in [1.29, 1.82) is 0 Å². The molecule has 0 radical (unpaired) electrons. The molecule has 0 fully saturated rings. The Morgan fingerprint density at radius 1 is 1.05 bits per heavy atom. The zero-order valence-corrected chi connectivity index (χ0v) is 11.5. The van der Waals surface area contributed by atoms with Crippen LogP contribution in [0.25, 0.3) is 22.1 Å². The zero-order valence-electron chi connectivity index (χ0n) is 11.5. The topological polar surface area (TPSA) is 48.7 Å². The molecule has 2 aromatic carbocycles. The van der Waals surface area contributed by atoms with E-state index in [0.29, 0.717) is 5.58 Å². The van der Waals surface area contributed by atoms with Crippen LogP contribution in [0.2, 0.25) is 0 Å². The van der Waals surface area contributed by atoms with E-state index in [9.17, 15) is 4.79 Å². The molecule has 3 rings (SSSR count). The van der Waals surface area contributed by atoms with E-state index in [1.54, 1.807) is 6.92 Å². The molecule has 0 spiro atoms. The molecule has 0 aliphatic rings. The number of hydrogen-bond acceptors (Lipinski definition) is 4. The Morgan fingerprint density at radius 2 is 1.76 bits per heavy atom. The molecule has 0 atom stereocenters. The minimum atomic E-state index is -0.770. The highest BCUT2D eigenvalue weighted by molar-refractivity contribution is 5.97. The Balaban J connectivity index is 2.13. The van der Waals surface area contributed by atoms with Crippen molar-refractivity contribution in [2.45, 2.75) is 6.92 Å². The fourth-order valence-electron chi connectivity index (χ4n) is 2.20. The van der Waals surface area contributed by atoms with Gasteiger partial charge in [0.05, 0.1) is 12.2 Å². The number of carbonyl (C=O) groups excluding carboxylic acids is 1. The largest absolute Gasteiger partial charge is 0.516 e. The standard InChI is InChI=1S/C17H14O4/c1-2-19-17(18)21-16-15(12-8-4-3-5-9-12)13-10-6-7-11-14(13)20-16/h3-11H,2H2,1H3. The van der Waals surface area contributed by atoms with Gasteiger partial charge in [-0.3, -0.25) is 0 Å². The third kappa shape index (κ3) is 2.60. The summed E-state index contributed by atoms with van der Waals surface area (Å²) in [4.78, 5) is 11.6. The van der Waals surface area contributed by atoms with E-state index in [1.807, 2.05) is 54.6 Å². The van der Waals surface area contributed by atoms with Crippen LogP contribution in [0.5, 0.6) is 5.95 Å². The number of rotatable bonds is 3. The van der Waals surface area contributed by atoms with E-state index < -0.39 is 6.16 Å². The highest BCUT2D eigenvalue weighted by atomic mass is 16.8. The fourth-order valence-corrected chi connectivity index (χ4v) is 2.20. The van der Waals surface area contributed by atoms with Crippen LogP contribution in [0.1, 0.15) is 6.92 Å². The first-order valence-corrected chi connectivity index (χ1v) is 6.71. The van der Waals surface area contributed by atoms with Crippen LogP contribution in [0.4, 0.5) is 4.79 Å². The maximum atomic E-state index is 11.6. The third-order valence-electron chi connectivity index (χ3n) is 3.06. The summed E-state index contributed by atoms with van der Waals surface area (Å²) in [5.74, 6) is 0.154. The number of para-hydroxylation sites is 1. The summed E-state index contributed by atoms with van der Waals surface area (Å²) >= 11 is 0. The van der Waals surface area contributed by atoms with Crippen LogP contribution in [0.15, 0.2) is 59.0 Å². The van der Waals surface area contributed by atoms with E-state index in [0.717, 1.165) is 16.5 Å². The number of hydrogen-bond donors (Lipinski definition) is 0. The molecule has 0 amide bonds. The summed E-state index contributed by atoms with van der Waals surface area (Å²) < 4.78 is 15.7. The van der Waals surface area contributed by atoms with Crippen LogP contribution in [0, 0.1) is 0 Å². The fraction of sp³-hybridized carbons (Fsp3) is 0.118. The molecule has 0 saturated carbocycles. The highest BCUT2D eigenvalue weighted by Gasteiger charge is 2.20. The van der Waals surface area contributed by atoms with Crippen LogP contribution >= 0.6 is 0 Å². The lowest BCUT2D eigenvalue weighted by Crippen LogP contribution is -2.10. The normalized spacial score (nSPS) is 10.5. The van der Waals surface area contributed by atoms with Crippen LogP contribution in [-0.2, 0) is 4.74 Å². The van der Waals surface area contributed by atoms with Crippen molar-refractivity contribution in [3.8, 4) is 17.1 Å². The lowest BCUT2D eigenvalue weighted by molar-refractivity contribution is 0.0960. The van der Waals surface area contributed by atoms with E-state index in [4.69, 9.17) is 13.9 Å². The van der Waals surface area contributed by atoms with Crippen molar-refractivity contribution in [3.63, 3.8) is 0 Å². The smallest absolute Gasteiger partial charge is 0.434 e. The molecule has 4 nitrogen and oxygen atoms in total. The van der Waals surface area contributed by atoms with Crippen molar-refractivity contribution >= 4 is 17.1 Å². The Labute approximate surface area is 121 Å². The van der Waals surface area contributed by atoms with Crippen molar-refractivity contribution in [1.82, 2.24) is 0 Å². The molecular weight excluding hydrogens is 268 g/mol. The SMILES string of the molecule is CCOC(=O)Oc1oc2ccccc2c1-c1ccccc1. The monoisotopic (exact) mass is 282 g/mol. The molecule has 1 heterocycles. The quantitative estimate of drug-likeness (QED) is 0.657. The Morgan fingerprint density at radius 3 is 2.52 bits per heavy atom. The Hall–Kier alpha value is -2.75. The molecule has 106 valence electrons. The Bertz CT molecular complexity index is 759. The van der Waals surface area contributed by atoms with Gasteiger partial charge in [-0.05, 0) is 18.6 Å². The zero-order chi connectivity index (χ0) is 14.7. The van der Waals surface area contributed by atoms with Gasteiger partial charge in [0, 0.05) is 5.39 Å². The van der Waals surface area contributed by atoms with Gasteiger partial charge in [-0.2, -0.15) is 0 Å². The second-order valence-corrected chi connectivity index (χ2v) is 4.41. The van der Waals surface area contributed by atoms with Gasteiger partial charge in [-0.15, -0.1) is 0 Å². The second-order valence-electron chi connectivity index (χ2n) is 4.41. The average Bonchev–Trinajstić information content (AvgIpc) is 2.86. The molecule has 0 unspecified atom stereocenters. The maximum absolute atomic E-state index is 11.6. The van der Waals surface area contributed by atoms with E-state index in [-0.39, 0.29) is 12.6 Å². The lowest BCUT2D eigenvalue weighted by Gasteiger charge is -2.04. The highest BCUT2D eigenvalue weighted by Crippen LogP contribution is 2.40. The molecule has 21 heavy (non-hydrogen) atoms. The van der Waals surface area contributed by atoms with Crippen LogP contribution < -0.4 is 4.74 Å². The van der Waals surface area contributed by atoms with Crippen molar-refractivity contribution in [2.24, 2.45) is 0 Å². The van der Waals surface area contributed by atoms with Gasteiger partial charge in [-0.25, -0.2) is 4.79 Å². The van der Waals surface area contributed by atoms with E-state index in [2.05, 4.69) is 0 Å². The molecule has 0 aliphatic carbocycles. The number of ether oxygens (including phenoxy) is 2. The molecular formula is C17H14O4. The first-order valence-electron chi connectivity index (χ1n) is 6.71. The average molecular weight is 282 g/mol. The predicted molar refractivity (Wildman–Crippen MR) is 79.3 cm³/mol. The minimum Gasteiger partial charge on any atom is -0.434 e. The third-order valence-corrected chi connectivity index (χ3v) is 3.06. The molecule has 4 heteroatoms. The summed E-state index contributed by atoms with van der Waals surface area (Å²) in [7, 11) is 0. The first-order chi connectivity index (χ1) is 10.3. The second kappa shape index (κ2) is 5.71. The van der Waals surface area contributed by atoms with Gasteiger partial charge >= 0.3 is 12.1 Å². The van der Waals surface area contributed by atoms with Gasteiger partial charge in [-0.1, -0.05) is 48.5 Å².